The SMILES string of the molecule is CCCC(=O)OC1CCC(c2ccc(C(OCc3c(F)cccc3F)(C(F)(F)F)C(F)(F)F)cc2)(S(=O)(=O)c2ccc(F)cc2)CC1. The van der Waals surface area contributed by atoms with Crippen molar-refractivity contribution in [2.45, 2.75) is 85.8 Å². The highest BCUT2D eigenvalue weighted by molar-refractivity contribution is 7.92. The topological polar surface area (TPSA) is 69.7 Å². The molecule has 4 rings (SSSR count). The van der Waals surface area contributed by atoms with Gasteiger partial charge in [0.1, 0.15) is 28.3 Å². The minimum atomic E-state index is -6.20. The summed E-state index contributed by atoms with van der Waals surface area (Å²) >= 11 is 0. The molecule has 0 atom stereocenters. The molecule has 1 fully saturated rings. The summed E-state index contributed by atoms with van der Waals surface area (Å²) in [4.78, 5) is 11.7. The van der Waals surface area contributed by atoms with Crippen molar-refractivity contribution in [3.8, 4) is 0 Å². The number of hydrogen-bond acceptors (Lipinski definition) is 5. The molecule has 3 aromatic rings. The van der Waals surface area contributed by atoms with Gasteiger partial charge < -0.3 is 9.47 Å². The van der Waals surface area contributed by atoms with Gasteiger partial charge in [0.15, 0.2) is 9.84 Å². The molecule has 47 heavy (non-hydrogen) atoms. The van der Waals surface area contributed by atoms with Crippen LogP contribution in [0, 0.1) is 17.5 Å². The summed E-state index contributed by atoms with van der Waals surface area (Å²) in [6.45, 7) is 0.00191. The van der Waals surface area contributed by atoms with Crippen LogP contribution < -0.4 is 0 Å². The lowest BCUT2D eigenvalue weighted by molar-refractivity contribution is -0.392. The highest BCUT2D eigenvalue weighted by atomic mass is 32.2. The third kappa shape index (κ3) is 6.87. The van der Waals surface area contributed by atoms with Crippen LogP contribution in [-0.2, 0) is 41.1 Å². The summed E-state index contributed by atoms with van der Waals surface area (Å²) in [7, 11) is -4.48. The summed E-state index contributed by atoms with van der Waals surface area (Å²) in [5, 5.41) is 0. The highest BCUT2D eigenvalue weighted by Gasteiger charge is 2.73. The monoisotopic (exact) mass is 696 g/mol. The number of halogens is 9. The van der Waals surface area contributed by atoms with Gasteiger partial charge in [0, 0.05) is 17.5 Å². The predicted octanol–water partition coefficient (Wildman–Crippen LogP) is 8.60. The third-order valence-electron chi connectivity index (χ3n) is 8.24. The molecule has 1 saturated carbocycles. The van der Waals surface area contributed by atoms with Crippen molar-refractivity contribution in [3.63, 3.8) is 0 Å². The van der Waals surface area contributed by atoms with Crippen LogP contribution in [0.5, 0.6) is 0 Å². The molecule has 0 unspecified atom stereocenters. The zero-order valence-electron chi connectivity index (χ0n) is 24.7. The number of carbonyl (C=O) groups is 1. The van der Waals surface area contributed by atoms with E-state index in [2.05, 4.69) is 4.74 Å². The standard InChI is InChI=1S/C32H29F9O5S/c1-2-4-28(42)46-23-15-17-29(18-16-23,47(43,44)24-13-11-22(33)12-14-24)20-7-9-21(10-8-20)30(31(36,37)38,32(39,40)41)45-19-25-26(34)5-3-6-27(25)35/h3,5-14,23H,2,4,15-19H2,1H3. The maximum Gasteiger partial charge on any atom is 0.430 e. The molecule has 0 bridgehead atoms. The van der Waals surface area contributed by atoms with Gasteiger partial charge in [-0.05, 0) is 74.1 Å². The van der Waals surface area contributed by atoms with Gasteiger partial charge in [-0.1, -0.05) is 37.3 Å². The number of hydrogen-bond donors (Lipinski definition) is 0. The van der Waals surface area contributed by atoms with E-state index in [4.69, 9.17) is 4.74 Å². The van der Waals surface area contributed by atoms with Crippen molar-refractivity contribution in [1.82, 2.24) is 0 Å². The fourth-order valence-electron chi connectivity index (χ4n) is 5.77. The van der Waals surface area contributed by atoms with Gasteiger partial charge in [0.2, 0.25) is 0 Å². The number of alkyl halides is 6. The van der Waals surface area contributed by atoms with Gasteiger partial charge in [-0.25, -0.2) is 21.6 Å². The molecule has 0 saturated heterocycles. The second-order valence-corrected chi connectivity index (χ2v) is 13.4. The van der Waals surface area contributed by atoms with Crippen molar-refractivity contribution in [2.24, 2.45) is 0 Å². The van der Waals surface area contributed by atoms with Crippen LogP contribution in [0.25, 0.3) is 0 Å². The first-order valence-corrected chi connectivity index (χ1v) is 15.9. The Balaban J connectivity index is 1.80. The van der Waals surface area contributed by atoms with Gasteiger partial charge in [-0.2, -0.15) is 26.3 Å². The minimum Gasteiger partial charge on any atom is -0.462 e. The van der Waals surface area contributed by atoms with Crippen molar-refractivity contribution in [2.75, 3.05) is 0 Å². The van der Waals surface area contributed by atoms with Crippen molar-refractivity contribution >= 4 is 15.8 Å². The molecule has 0 N–H and O–H groups in total. The summed E-state index contributed by atoms with van der Waals surface area (Å²) in [6.07, 6.45) is -13.0. The van der Waals surface area contributed by atoms with Crippen molar-refractivity contribution in [1.29, 1.82) is 0 Å². The Morgan fingerprint density at radius 1 is 0.830 bits per heavy atom. The summed E-state index contributed by atoms with van der Waals surface area (Å²) in [6, 6.07) is 8.29. The summed E-state index contributed by atoms with van der Waals surface area (Å²) in [5.41, 5.74) is -7.93. The van der Waals surface area contributed by atoms with E-state index in [1.54, 1.807) is 6.92 Å². The zero-order chi connectivity index (χ0) is 34.8. The van der Waals surface area contributed by atoms with E-state index in [0.29, 0.717) is 30.7 Å². The van der Waals surface area contributed by atoms with Crippen LogP contribution in [0.3, 0.4) is 0 Å². The van der Waals surface area contributed by atoms with Gasteiger partial charge in [-0.3, -0.25) is 4.79 Å². The quantitative estimate of drug-likeness (QED) is 0.121. The average molecular weight is 697 g/mol. The van der Waals surface area contributed by atoms with Crippen LogP contribution in [-0.4, -0.2) is 32.8 Å². The van der Waals surface area contributed by atoms with E-state index in [1.807, 2.05) is 0 Å². The number of ether oxygens (including phenoxy) is 2. The molecule has 5 nitrogen and oxygen atoms in total. The van der Waals surface area contributed by atoms with Crippen molar-refractivity contribution in [3.05, 3.63) is 101 Å². The van der Waals surface area contributed by atoms with E-state index in [-0.39, 0.29) is 42.6 Å². The molecule has 1 aliphatic carbocycles. The lowest BCUT2D eigenvalue weighted by Crippen LogP contribution is -2.56. The van der Waals surface area contributed by atoms with E-state index in [0.717, 1.165) is 42.5 Å². The maximum absolute atomic E-state index is 14.4. The molecule has 0 aromatic heterocycles. The molecular formula is C32H29F9O5S. The zero-order valence-corrected chi connectivity index (χ0v) is 25.5. The van der Waals surface area contributed by atoms with E-state index >= 15 is 0 Å². The van der Waals surface area contributed by atoms with Crippen molar-refractivity contribution < 1.29 is 62.2 Å². The smallest absolute Gasteiger partial charge is 0.430 e. The Hall–Kier alpha value is -3.59. The molecule has 1 aliphatic rings. The Morgan fingerprint density at radius 2 is 1.36 bits per heavy atom. The molecule has 0 spiro atoms. The lowest BCUT2D eigenvalue weighted by Gasteiger charge is -2.41. The molecule has 0 amide bonds. The van der Waals surface area contributed by atoms with Gasteiger partial charge in [0.25, 0.3) is 5.60 Å². The van der Waals surface area contributed by atoms with E-state index in [1.165, 1.54) is 0 Å². The number of rotatable bonds is 10. The van der Waals surface area contributed by atoms with Crippen LogP contribution in [0.2, 0.25) is 0 Å². The average Bonchev–Trinajstić information content (AvgIpc) is 2.98. The first-order valence-electron chi connectivity index (χ1n) is 14.4. The van der Waals surface area contributed by atoms with E-state index in [9.17, 15) is 52.7 Å². The van der Waals surface area contributed by atoms with Gasteiger partial charge in [-0.15, -0.1) is 0 Å². The highest BCUT2D eigenvalue weighted by Crippen LogP contribution is 2.54. The predicted molar refractivity (Wildman–Crippen MR) is 150 cm³/mol. The Kier molecular flexibility index (Phi) is 10.4. The van der Waals surface area contributed by atoms with Gasteiger partial charge in [0.05, 0.1) is 11.5 Å². The molecule has 3 aromatic carbocycles. The lowest BCUT2D eigenvalue weighted by atomic mass is 9.80. The van der Waals surface area contributed by atoms with Crippen LogP contribution in [0.1, 0.15) is 62.1 Å². The molecule has 256 valence electrons. The van der Waals surface area contributed by atoms with E-state index < -0.39 is 79.8 Å². The number of sulfone groups is 1. The summed E-state index contributed by atoms with van der Waals surface area (Å²) in [5.74, 6) is -4.12. The maximum atomic E-state index is 14.4. The second kappa shape index (κ2) is 13.5. The molecule has 0 heterocycles. The number of carbonyl (C=O) groups excluding carboxylic acids is 1. The molecular weight excluding hydrogens is 667 g/mol. The third-order valence-corrected chi connectivity index (χ3v) is 10.8. The minimum absolute atomic E-state index is 0.00994. The fraction of sp³-hybridized carbons (Fsp3) is 0.406. The molecule has 0 radical (unpaired) electrons. The fourth-order valence-corrected chi connectivity index (χ4v) is 7.94. The Morgan fingerprint density at radius 3 is 1.85 bits per heavy atom. The summed E-state index contributed by atoms with van der Waals surface area (Å²) < 4.78 is 165. The first kappa shape index (κ1) is 36.2. The van der Waals surface area contributed by atoms with Gasteiger partial charge >= 0.3 is 18.3 Å². The molecule has 15 heteroatoms. The first-order chi connectivity index (χ1) is 21.9. The number of benzene rings is 3. The Bertz CT molecular complexity index is 1630. The normalized spacial score (nSPS) is 19.4. The van der Waals surface area contributed by atoms with Crippen LogP contribution in [0.15, 0.2) is 71.6 Å². The van der Waals surface area contributed by atoms with Crippen LogP contribution >= 0.6 is 0 Å². The largest absolute Gasteiger partial charge is 0.462 e. The number of esters is 1. The molecule has 0 aliphatic heterocycles. The second-order valence-electron chi connectivity index (χ2n) is 11.1. The van der Waals surface area contributed by atoms with Crippen LogP contribution in [0.4, 0.5) is 39.5 Å². The Labute approximate surface area is 264 Å².